The molecule has 5 saturated heterocycles. The van der Waals surface area contributed by atoms with E-state index in [4.69, 9.17) is 28.7 Å². The molecule has 0 aromatic carbocycles. The fourth-order valence-corrected chi connectivity index (χ4v) is 6.29. The molecule has 0 aromatic heterocycles. The number of fused-ring (bicyclic) bond motifs is 2. The Balaban J connectivity index is 1.42. The van der Waals surface area contributed by atoms with Crippen LogP contribution in [-0.4, -0.2) is 70.0 Å². The van der Waals surface area contributed by atoms with Gasteiger partial charge in [0.05, 0.1) is 6.10 Å². The van der Waals surface area contributed by atoms with Crippen molar-refractivity contribution in [3.8, 4) is 0 Å². The molecule has 0 amide bonds. The summed E-state index contributed by atoms with van der Waals surface area (Å²) >= 11 is 0. The molecule has 6 aliphatic rings. The third kappa shape index (κ3) is 3.02. The van der Waals surface area contributed by atoms with Crippen molar-refractivity contribution in [2.24, 2.45) is 23.7 Å². The Kier molecular flexibility index (Phi) is 5.25. The number of aliphatic hydroxyl groups is 3. The van der Waals surface area contributed by atoms with Crippen LogP contribution >= 0.6 is 0 Å². The van der Waals surface area contributed by atoms with E-state index in [0.717, 1.165) is 25.7 Å². The molecular weight excluding hydrogens is 396 g/mol. The standard InChI is InChI=1S/C21H34O9/c1-9-5-6-13-10(2)17(26-18-16(24)15(23)14(22)11(3)25-18)27-19-21(13)12(9)7-8-20(4,28-19)29-30-21/h9-19,22-24H,5-8H2,1-4H3/t9-,10-,11+,12+,13+,14+,15-,16-,17-,18-,19-,20-,21-/m1/s1. The van der Waals surface area contributed by atoms with Gasteiger partial charge in [0.25, 0.3) is 0 Å². The molecule has 0 unspecified atom stereocenters. The first-order valence-corrected chi connectivity index (χ1v) is 11.2. The van der Waals surface area contributed by atoms with E-state index in [2.05, 4.69) is 6.92 Å². The molecule has 5 heterocycles. The summed E-state index contributed by atoms with van der Waals surface area (Å²) in [6.07, 6.45) is -3.44. The molecular formula is C21H34O9. The van der Waals surface area contributed by atoms with Crippen LogP contribution in [0.25, 0.3) is 0 Å². The molecule has 9 heteroatoms. The van der Waals surface area contributed by atoms with Gasteiger partial charge in [-0.15, -0.1) is 0 Å². The molecule has 13 atom stereocenters. The molecule has 5 aliphatic heterocycles. The lowest BCUT2D eigenvalue weighted by atomic mass is 9.58. The summed E-state index contributed by atoms with van der Waals surface area (Å²) in [6.45, 7) is 7.79. The van der Waals surface area contributed by atoms with Gasteiger partial charge in [-0.3, -0.25) is 0 Å². The van der Waals surface area contributed by atoms with Crippen LogP contribution in [0.5, 0.6) is 0 Å². The molecule has 6 rings (SSSR count). The predicted octanol–water partition coefficient (Wildman–Crippen LogP) is 1.04. The van der Waals surface area contributed by atoms with E-state index in [1.807, 2.05) is 13.8 Å². The van der Waals surface area contributed by atoms with Gasteiger partial charge in [-0.2, -0.15) is 0 Å². The van der Waals surface area contributed by atoms with Crippen LogP contribution in [-0.2, 0) is 28.7 Å². The SMILES string of the molecule is C[C@H]1[C@H](O[C@H]2O[C@@H](C)[C@H](O)[C@@H](O)[C@H]2O)O[C@@H]2O[C@@]3(C)CC[C@H]4[C@H](C)CC[C@@H]1[C@@]24OO3. The van der Waals surface area contributed by atoms with Crippen LogP contribution in [0.4, 0.5) is 0 Å². The van der Waals surface area contributed by atoms with E-state index in [9.17, 15) is 15.3 Å². The number of hydrogen-bond donors (Lipinski definition) is 3. The minimum Gasteiger partial charge on any atom is -0.388 e. The van der Waals surface area contributed by atoms with Gasteiger partial charge in [-0.1, -0.05) is 13.8 Å². The van der Waals surface area contributed by atoms with Crippen molar-refractivity contribution in [2.75, 3.05) is 0 Å². The van der Waals surface area contributed by atoms with Gasteiger partial charge in [0.1, 0.15) is 18.3 Å². The molecule has 9 nitrogen and oxygen atoms in total. The molecule has 1 spiro atoms. The van der Waals surface area contributed by atoms with Gasteiger partial charge in [0.15, 0.2) is 24.5 Å². The molecule has 30 heavy (non-hydrogen) atoms. The Hall–Kier alpha value is -0.360. The molecule has 6 fully saturated rings. The fourth-order valence-electron chi connectivity index (χ4n) is 6.29. The Morgan fingerprint density at radius 3 is 2.37 bits per heavy atom. The minimum atomic E-state index is -1.38. The summed E-state index contributed by atoms with van der Waals surface area (Å²) in [5, 5.41) is 30.5. The second kappa shape index (κ2) is 7.33. The van der Waals surface area contributed by atoms with Crippen LogP contribution in [0.1, 0.15) is 53.4 Å². The maximum atomic E-state index is 10.4. The molecule has 0 aromatic rings. The van der Waals surface area contributed by atoms with Gasteiger partial charge in [-0.05, 0) is 44.9 Å². The summed E-state index contributed by atoms with van der Waals surface area (Å²) in [4.78, 5) is 11.9. The number of rotatable bonds is 2. The average molecular weight is 430 g/mol. The molecule has 0 radical (unpaired) electrons. The first-order chi connectivity index (χ1) is 14.2. The van der Waals surface area contributed by atoms with Gasteiger partial charge in [-0.25, -0.2) is 9.78 Å². The van der Waals surface area contributed by atoms with Crippen LogP contribution in [0.2, 0.25) is 0 Å². The van der Waals surface area contributed by atoms with Crippen molar-refractivity contribution in [1.29, 1.82) is 0 Å². The van der Waals surface area contributed by atoms with Crippen molar-refractivity contribution in [1.82, 2.24) is 0 Å². The van der Waals surface area contributed by atoms with Crippen LogP contribution < -0.4 is 0 Å². The topological polar surface area (TPSA) is 116 Å². The first kappa shape index (κ1) is 21.5. The smallest absolute Gasteiger partial charge is 0.201 e. The Labute approximate surface area is 176 Å². The van der Waals surface area contributed by atoms with E-state index < -0.39 is 54.7 Å². The zero-order valence-corrected chi connectivity index (χ0v) is 18.0. The monoisotopic (exact) mass is 430 g/mol. The van der Waals surface area contributed by atoms with Crippen molar-refractivity contribution in [2.45, 2.75) is 108 Å². The van der Waals surface area contributed by atoms with E-state index >= 15 is 0 Å². The zero-order chi connectivity index (χ0) is 21.4. The fraction of sp³-hybridized carbons (Fsp3) is 1.00. The highest BCUT2D eigenvalue weighted by molar-refractivity contribution is 5.09. The minimum absolute atomic E-state index is 0.0822. The second-order valence-corrected chi connectivity index (χ2v) is 10.1. The molecule has 1 aliphatic carbocycles. The Bertz CT molecular complexity index is 662. The van der Waals surface area contributed by atoms with Crippen LogP contribution in [0, 0.1) is 23.7 Å². The van der Waals surface area contributed by atoms with Crippen molar-refractivity contribution >= 4 is 0 Å². The van der Waals surface area contributed by atoms with Gasteiger partial charge in [0, 0.05) is 18.3 Å². The van der Waals surface area contributed by atoms with Crippen molar-refractivity contribution in [3.05, 3.63) is 0 Å². The molecule has 2 bridgehead atoms. The van der Waals surface area contributed by atoms with Gasteiger partial charge >= 0.3 is 0 Å². The molecule has 3 N–H and O–H groups in total. The predicted molar refractivity (Wildman–Crippen MR) is 100 cm³/mol. The highest BCUT2D eigenvalue weighted by Gasteiger charge is 2.69. The highest BCUT2D eigenvalue weighted by Crippen LogP contribution is 2.60. The number of hydrogen-bond acceptors (Lipinski definition) is 9. The van der Waals surface area contributed by atoms with Gasteiger partial charge < -0.3 is 34.3 Å². The summed E-state index contributed by atoms with van der Waals surface area (Å²) in [5.74, 6) is -0.161. The van der Waals surface area contributed by atoms with E-state index in [1.165, 1.54) is 0 Å². The van der Waals surface area contributed by atoms with Crippen molar-refractivity contribution in [3.63, 3.8) is 0 Å². The van der Waals surface area contributed by atoms with Crippen molar-refractivity contribution < 1.29 is 44.0 Å². The summed E-state index contributed by atoms with van der Waals surface area (Å²) in [7, 11) is 0. The summed E-state index contributed by atoms with van der Waals surface area (Å²) in [6, 6.07) is 0. The first-order valence-electron chi connectivity index (χ1n) is 11.2. The quantitative estimate of drug-likeness (QED) is 0.553. The third-order valence-corrected chi connectivity index (χ3v) is 8.17. The summed E-state index contributed by atoms with van der Waals surface area (Å²) in [5.41, 5.74) is -0.692. The van der Waals surface area contributed by atoms with E-state index in [1.54, 1.807) is 6.92 Å². The maximum Gasteiger partial charge on any atom is 0.201 e. The second-order valence-electron chi connectivity index (χ2n) is 10.1. The van der Waals surface area contributed by atoms with Gasteiger partial charge in [0.2, 0.25) is 5.79 Å². The lowest BCUT2D eigenvalue weighted by Crippen LogP contribution is -2.71. The lowest BCUT2D eigenvalue weighted by molar-refractivity contribution is -0.579. The van der Waals surface area contributed by atoms with Crippen LogP contribution in [0.15, 0.2) is 0 Å². The Morgan fingerprint density at radius 2 is 1.60 bits per heavy atom. The van der Waals surface area contributed by atoms with Crippen LogP contribution in [0.3, 0.4) is 0 Å². The van der Waals surface area contributed by atoms with E-state index in [0.29, 0.717) is 5.92 Å². The molecule has 1 saturated carbocycles. The normalized spacial score (nSPS) is 60.7. The maximum absolute atomic E-state index is 10.4. The lowest BCUT2D eigenvalue weighted by Gasteiger charge is -2.60. The molecule has 172 valence electrons. The zero-order valence-electron chi connectivity index (χ0n) is 18.0. The third-order valence-electron chi connectivity index (χ3n) is 8.17. The summed E-state index contributed by atoms with van der Waals surface area (Å²) < 4.78 is 24.3. The highest BCUT2D eigenvalue weighted by atomic mass is 17.3. The number of ether oxygens (including phenoxy) is 4. The largest absolute Gasteiger partial charge is 0.388 e. The average Bonchev–Trinajstić information content (AvgIpc) is 2.94. The van der Waals surface area contributed by atoms with E-state index in [-0.39, 0.29) is 17.8 Å². The Morgan fingerprint density at radius 1 is 0.833 bits per heavy atom. The number of aliphatic hydroxyl groups excluding tert-OH is 3.